The lowest BCUT2D eigenvalue weighted by Gasteiger charge is -2.41. The average molecular weight is 284 g/mol. The van der Waals surface area contributed by atoms with Crippen LogP contribution in [0.3, 0.4) is 0 Å². The topological polar surface area (TPSA) is 32.8 Å². The molecule has 0 aromatic rings. The van der Waals surface area contributed by atoms with Gasteiger partial charge in [-0.1, -0.05) is 6.92 Å². The molecule has 3 rings (SSSR count). The fraction of sp³-hybridized carbons (Fsp3) is 0.933. The fourth-order valence-electron chi connectivity index (χ4n) is 3.61. The lowest BCUT2D eigenvalue weighted by molar-refractivity contribution is -0.146. The van der Waals surface area contributed by atoms with E-state index in [-0.39, 0.29) is 17.9 Å². The van der Waals surface area contributed by atoms with Gasteiger partial charge >= 0.3 is 0 Å². The highest BCUT2D eigenvalue weighted by molar-refractivity contribution is 5.80. The van der Waals surface area contributed by atoms with Crippen molar-refractivity contribution in [3.63, 3.8) is 0 Å². The molecule has 0 bridgehead atoms. The van der Waals surface area contributed by atoms with Crippen LogP contribution in [0, 0.1) is 11.8 Å². The molecule has 2 saturated heterocycles. The van der Waals surface area contributed by atoms with Crippen LogP contribution in [0.25, 0.3) is 0 Å². The standard InChI is InChI=1S/C15H25FN2O2/c1-2-17-5-6-20-14-10-18(4-3-11(14)9-17)15(19)12-7-13(16)8-12/h11-14H,2-10H2,1H3/t11-,12?,13?,14-/m1/s1. The fourth-order valence-corrected chi connectivity index (χ4v) is 3.61. The van der Waals surface area contributed by atoms with Crippen molar-refractivity contribution in [2.24, 2.45) is 11.8 Å². The first-order valence-electron chi connectivity index (χ1n) is 7.94. The first kappa shape index (κ1) is 14.3. The minimum Gasteiger partial charge on any atom is -0.375 e. The third-order valence-corrected chi connectivity index (χ3v) is 5.12. The number of hydrogen-bond donors (Lipinski definition) is 0. The monoisotopic (exact) mass is 284 g/mol. The smallest absolute Gasteiger partial charge is 0.225 e. The molecule has 5 heteroatoms. The van der Waals surface area contributed by atoms with Crippen LogP contribution < -0.4 is 0 Å². The molecule has 2 aliphatic heterocycles. The van der Waals surface area contributed by atoms with Crippen LogP contribution in [-0.4, -0.2) is 67.3 Å². The zero-order chi connectivity index (χ0) is 14.1. The maximum Gasteiger partial charge on any atom is 0.225 e. The third kappa shape index (κ3) is 2.84. The molecule has 0 radical (unpaired) electrons. The Morgan fingerprint density at radius 1 is 1.30 bits per heavy atom. The van der Waals surface area contributed by atoms with Gasteiger partial charge in [0.05, 0.1) is 12.7 Å². The van der Waals surface area contributed by atoms with Gasteiger partial charge in [0.25, 0.3) is 0 Å². The van der Waals surface area contributed by atoms with Crippen molar-refractivity contribution < 1.29 is 13.9 Å². The van der Waals surface area contributed by atoms with Gasteiger partial charge in [-0.3, -0.25) is 4.79 Å². The van der Waals surface area contributed by atoms with Crippen molar-refractivity contribution in [1.29, 1.82) is 0 Å². The van der Waals surface area contributed by atoms with Crippen molar-refractivity contribution in [3.8, 4) is 0 Å². The molecule has 3 aliphatic rings. The Labute approximate surface area is 120 Å². The van der Waals surface area contributed by atoms with E-state index < -0.39 is 6.17 Å². The summed E-state index contributed by atoms with van der Waals surface area (Å²) in [5.41, 5.74) is 0. The molecule has 0 unspecified atom stereocenters. The summed E-state index contributed by atoms with van der Waals surface area (Å²) in [6, 6.07) is 0. The van der Waals surface area contributed by atoms with Crippen LogP contribution in [0.2, 0.25) is 0 Å². The highest BCUT2D eigenvalue weighted by atomic mass is 19.1. The Balaban J connectivity index is 1.56. The van der Waals surface area contributed by atoms with E-state index in [0.29, 0.717) is 25.3 Å². The summed E-state index contributed by atoms with van der Waals surface area (Å²) in [5.74, 6) is 0.619. The van der Waals surface area contributed by atoms with Crippen molar-refractivity contribution in [2.75, 3.05) is 39.3 Å². The number of nitrogens with zero attached hydrogens (tertiary/aromatic N) is 2. The van der Waals surface area contributed by atoms with E-state index >= 15 is 0 Å². The highest BCUT2D eigenvalue weighted by Crippen LogP contribution is 2.33. The second kappa shape index (κ2) is 5.98. The Bertz CT molecular complexity index is 360. The number of likely N-dealkylation sites (N-methyl/N-ethyl adjacent to an activating group) is 1. The van der Waals surface area contributed by atoms with Crippen LogP contribution in [0.15, 0.2) is 0 Å². The van der Waals surface area contributed by atoms with E-state index in [0.717, 1.165) is 39.2 Å². The number of carbonyl (C=O) groups excluding carboxylic acids is 1. The molecule has 0 spiro atoms. The van der Waals surface area contributed by atoms with Crippen LogP contribution >= 0.6 is 0 Å². The second-order valence-corrected chi connectivity index (χ2v) is 6.40. The Morgan fingerprint density at radius 3 is 2.80 bits per heavy atom. The predicted molar refractivity (Wildman–Crippen MR) is 74.2 cm³/mol. The molecule has 4 nitrogen and oxygen atoms in total. The number of carbonyl (C=O) groups is 1. The number of halogens is 1. The molecule has 0 N–H and O–H groups in total. The summed E-state index contributed by atoms with van der Waals surface area (Å²) < 4.78 is 18.9. The Morgan fingerprint density at radius 2 is 2.10 bits per heavy atom. The zero-order valence-electron chi connectivity index (χ0n) is 12.3. The van der Waals surface area contributed by atoms with Crippen molar-refractivity contribution in [1.82, 2.24) is 9.80 Å². The first-order chi connectivity index (χ1) is 9.67. The third-order valence-electron chi connectivity index (χ3n) is 5.12. The van der Waals surface area contributed by atoms with E-state index in [1.807, 2.05) is 4.90 Å². The summed E-state index contributed by atoms with van der Waals surface area (Å²) >= 11 is 0. The molecule has 1 aliphatic carbocycles. The normalized spacial score (nSPS) is 38.8. The summed E-state index contributed by atoms with van der Waals surface area (Å²) in [4.78, 5) is 16.6. The zero-order valence-corrected chi connectivity index (χ0v) is 12.3. The molecule has 2 atom stereocenters. The quantitative estimate of drug-likeness (QED) is 0.766. The molecule has 1 amide bonds. The number of alkyl halides is 1. The number of likely N-dealkylation sites (tertiary alicyclic amines) is 1. The molecule has 20 heavy (non-hydrogen) atoms. The van der Waals surface area contributed by atoms with E-state index in [9.17, 15) is 9.18 Å². The number of hydrogen-bond acceptors (Lipinski definition) is 3. The van der Waals surface area contributed by atoms with Crippen molar-refractivity contribution in [3.05, 3.63) is 0 Å². The minimum absolute atomic E-state index is 0.0699. The van der Waals surface area contributed by atoms with Gasteiger partial charge in [0, 0.05) is 38.0 Å². The van der Waals surface area contributed by atoms with Crippen LogP contribution in [0.5, 0.6) is 0 Å². The van der Waals surface area contributed by atoms with E-state index in [1.54, 1.807) is 0 Å². The Hall–Kier alpha value is -0.680. The molecular weight excluding hydrogens is 259 g/mol. The van der Waals surface area contributed by atoms with Gasteiger partial charge in [0.15, 0.2) is 0 Å². The summed E-state index contributed by atoms with van der Waals surface area (Å²) in [6.45, 7) is 7.59. The van der Waals surface area contributed by atoms with Gasteiger partial charge in [-0.15, -0.1) is 0 Å². The summed E-state index contributed by atoms with van der Waals surface area (Å²) in [5, 5.41) is 0. The van der Waals surface area contributed by atoms with Crippen LogP contribution in [0.4, 0.5) is 4.39 Å². The molecule has 1 saturated carbocycles. The lowest BCUT2D eigenvalue weighted by atomic mass is 9.81. The minimum atomic E-state index is -0.756. The molecule has 0 aromatic carbocycles. The highest BCUT2D eigenvalue weighted by Gasteiger charge is 2.40. The van der Waals surface area contributed by atoms with E-state index in [1.165, 1.54) is 0 Å². The number of piperidine rings is 1. The van der Waals surface area contributed by atoms with Gasteiger partial charge in [-0.2, -0.15) is 0 Å². The van der Waals surface area contributed by atoms with E-state index in [4.69, 9.17) is 4.74 Å². The number of fused-ring (bicyclic) bond motifs is 1. The molecule has 0 aromatic heterocycles. The number of ether oxygens (including phenoxy) is 1. The molecule has 2 heterocycles. The Kier molecular flexibility index (Phi) is 4.26. The van der Waals surface area contributed by atoms with Gasteiger partial charge in [0.2, 0.25) is 5.91 Å². The van der Waals surface area contributed by atoms with Gasteiger partial charge in [-0.25, -0.2) is 4.39 Å². The summed E-state index contributed by atoms with van der Waals surface area (Å²) in [6.07, 6.45) is 1.28. The maximum atomic E-state index is 12.9. The SMILES string of the molecule is CCN1CCO[C@@H]2CN(C(=O)C3CC(F)C3)CC[C@@H]2C1. The largest absolute Gasteiger partial charge is 0.375 e. The molecule has 114 valence electrons. The van der Waals surface area contributed by atoms with Gasteiger partial charge in [0.1, 0.15) is 6.17 Å². The predicted octanol–water partition coefficient (Wildman–Crippen LogP) is 1.30. The van der Waals surface area contributed by atoms with Gasteiger partial charge in [-0.05, 0) is 25.8 Å². The van der Waals surface area contributed by atoms with E-state index in [2.05, 4.69) is 11.8 Å². The lowest BCUT2D eigenvalue weighted by Crippen LogP contribution is -2.52. The number of rotatable bonds is 2. The second-order valence-electron chi connectivity index (χ2n) is 6.40. The number of amides is 1. The van der Waals surface area contributed by atoms with Crippen LogP contribution in [0.1, 0.15) is 26.2 Å². The molecule has 3 fully saturated rings. The van der Waals surface area contributed by atoms with Crippen LogP contribution in [-0.2, 0) is 9.53 Å². The summed E-state index contributed by atoms with van der Waals surface area (Å²) in [7, 11) is 0. The van der Waals surface area contributed by atoms with Crippen molar-refractivity contribution >= 4 is 5.91 Å². The van der Waals surface area contributed by atoms with Gasteiger partial charge < -0.3 is 14.5 Å². The maximum absolute atomic E-state index is 12.9. The first-order valence-corrected chi connectivity index (χ1v) is 7.94. The average Bonchev–Trinajstić information content (AvgIpc) is 2.64. The van der Waals surface area contributed by atoms with Crippen molar-refractivity contribution in [2.45, 2.75) is 38.5 Å². The molecular formula is C15H25FN2O2.